The Bertz CT molecular complexity index is 584. The molecule has 0 saturated carbocycles. The molecule has 0 aliphatic carbocycles. The molecule has 0 aromatic carbocycles. The van der Waals surface area contributed by atoms with E-state index in [9.17, 15) is 10.1 Å². The summed E-state index contributed by atoms with van der Waals surface area (Å²) in [7, 11) is 0. The van der Waals surface area contributed by atoms with Crippen molar-refractivity contribution in [2.45, 2.75) is 6.54 Å². The maximum atomic E-state index is 10.7. The molecule has 0 aliphatic heterocycles. The number of nitrogens with two attached hydrogens (primary N) is 1. The van der Waals surface area contributed by atoms with E-state index in [-0.39, 0.29) is 5.82 Å². The number of hydrogen-bond donors (Lipinski definition) is 2. The summed E-state index contributed by atoms with van der Waals surface area (Å²) in [5.41, 5.74) is 3.31. The summed E-state index contributed by atoms with van der Waals surface area (Å²) in [5.74, 6) is 5.56. The van der Waals surface area contributed by atoms with E-state index in [2.05, 4.69) is 31.4 Å². The second kappa shape index (κ2) is 5.10. The summed E-state index contributed by atoms with van der Waals surface area (Å²) >= 11 is 3.09. The van der Waals surface area contributed by atoms with Gasteiger partial charge in [0.2, 0.25) is 0 Å². The van der Waals surface area contributed by atoms with Crippen LogP contribution in [0.15, 0.2) is 29.0 Å². The number of hydrazine groups is 1. The van der Waals surface area contributed by atoms with Crippen LogP contribution in [0.25, 0.3) is 0 Å². The van der Waals surface area contributed by atoms with Gasteiger partial charge in [-0.1, -0.05) is 0 Å². The zero-order chi connectivity index (χ0) is 13.1. The van der Waals surface area contributed by atoms with Crippen molar-refractivity contribution in [2.75, 3.05) is 5.43 Å². The van der Waals surface area contributed by atoms with Crippen molar-refractivity contribution < 1.29 is 4.92 Å². The van der Waals surface area contributed by atoms with Crippen LogP contribution in [0.1, 0.15) is 5.56 Å². The molecule has 18 heavy (non-hydrogen) atoms. The average Bonchev–Trinajstić information content (AvgIpc) is 2.70. The first-order valence-electron chi connectivity index (χ1n) is 4.89. The summed E-state index contributed by atoms with van der Waals surface area (Å²) in [6.07, 6.45) is 3.14. The molecule has 2 aromatic rings. The first-order valence-corrected chi connectivity index (χ1v) is 5.68. The van der Waals surface area contributed by atoms with E-state index in [4.69, 9.17) is 5.84 Å². The smallest absolute Gasteiger partial charge is 0.358 e. The van der Waals surface area contributed by atoms with Gasteiger partial charge in [0.05, 0.1) is 17.8 Å². The normalized spacial score (nSPS) is 10.3. The Morgan fingerprint density at radius 2 is 2.39 bits per heavy atom. The highest BCUT2D eigenvalue weighted by Crippen LogP contribution is 2.22. The quantitative estimate of drug-likeness (QED) is 0.499. The molecule has 0 amide bonds. The molecule has 0 bridgehead atoms. The van der Waals surface area contributed by atoms with E-state index in [1.54, 1.807) is 24.5 Å². The second-order valence-corrected chi connectivity index (χ2v) is 4.30. The molecule has 3 N–H and O–H groups in total. The molecule has 0 unspecified atom stereocenters. The maximum absolute atomic E-state index is 10.7. The molecule has 0 radical (unpaired) electrons. The van der Waals surface area contributed by atoms with Crippen LogP contribution in [-0.2, 0) is 6.54 Å². The third-order valence-corrected chi connectivity index (χ3v) is 2.75. The van der Waals surface area contributed by atoms with E-state index in [0.29, 0.717) is 16.8 Å². The molecule has 0 saturated heterocycles. The van der Waals surface area contributed by atoms with Crippen molar-refractivity contribution in [1.82, 2.24) is 14.8 Å². The molecule has 9 heteroatoms. The Morgan fingerprint density at radius 3 is 3.00 bits per heavy atom. The van der Waals surface area contributed by atoms with Crippen LogP contribution in [0, 0.1) is 10.1 Å². The fourth-order valence-corrected chi connectivity index (χ4v) is 1.89. The molecule has 8 nitrogen and oxygen atoms in total. The van der Waals surface area contributed by atoms with E-state index in [1.807, 2.05) is 0 Å². The van der Waals surface area contributed by atoms with Gasteiger partial charge >= 0.3 is 5.82 Å². The van der Waals surface area contributed by atoms with Gasteiger partial charge in [0.15, 0.2) is 0 Å². The van der Waals surface area contributed by atoms with Crippen molar-refractivity contribution >= 4 is 27.6 Å². The van der Waals surface area contributed by atoms with Gasteiger partial charge in [0, 0.05) is 6.20 Å². The molecule has 0 atom stereocenters. The minimum Gasteiger partial charge on any atom is -0.358 e. The van der Waals surface area contributed by atoms with Gasteiger partial charge in [-0.15, -0.1) is 0 Å². The summed E-state index contributed by atoms with van der Waals surface area (Å²) < 4.78 is 1.82. The molecule has 2 heterocycles. The topological polar surface area (TPSA) is 112 Å². The Kier molecular flexibility index (Phi) is 3.53. The molecule has 0 aliphatic rings. The summed E-state index contributed by atoms with van der Waals surface area (Å²) in [6.45, 7) is 0.392. The van der Waals surface area contributed by atoms with E-state index < -0.39 is 4.92 Å². The fourth-order valence-electron chi connectivity index (χ4n) is 1.43. The predicted molar refractivity (Wildman–Crippen MR) is 67.7 cm³/mol. The Morgan fingerprint density at radius 1 is 1.61 bits per heavy atom. The maximum Gasteiger partial charge on any atom is 0.404 e. The lowest BCUT2D eigenvalue weighted by Gasteiger charge is -2.01. The number of nitrogens with zero attached hydrogens (tertiary/aromatic N) is 4. The van der Waals surface area contributed by atoms with Gasteiger partial charge in [0.1, 0.15) is 10.3 Å². The van der Waals surface area contributed by atoms with Crippen molar-refractivity contribution in [2.24, 2.45) is 5.84 Å². The number of rotatable bonds is 4. The number of aromatic nitrogens is 3. The van der Waals surface area contributed by atoms with Gasteiger partial charge in [-0.2, -0.15) is 4.68 Å². The van der Waals surface area contributed by atoms with Crippen LogP contribution in [0.3, 0.4) is 0 Å². The van der Waals surface area contributed by atoms with Crippen LogP contribution < -0.4 is 11.3 Å². The third-order valence-electron chi connectivity index (χ3n) is 2.19. The number of nitrogen functional groups attached to an aromatic ring is 1. The number of hydrogen-bond acceptors (Lipinski definition) is 6. The van der Waals surface area contributed by atoms with Gasteiger partial charge < -0.3 is 15.5 Å². The van der Waals surface area contributed by atoms with Crippen LogP contribution in [0.4, 0.5) is 11.6 Å². The first-order chi connectivity index (χ1) is 8.60. The van der Waals surface area contributed by atoms with Crippen molar-refractivity contribution in [3.8, 4) is 0 Å². The molecule has 2 rings (SSSR count). The van der Waals surface area contributed by atoms with E-state index >= 15 is 0 Å². The third kappa shape index (κ3) is 2.63. The Balaban J connectivity index is 2.23. The standard InChI is InChI=1S/C9H9BrN6O2/c10-7-5-15(14-9(7)16(17)18)4-6-1-2-12-8(3-6)13-11/h1-3,5H,4,11H2,(H,12,13). The zero-order valence-electron chi connectivity index (χ0n) is 9.08. The van der Waals surface area contributed by atoms with E-state index in [0.717, 1.165) is 5.56 Å². The Hall–Kier alpha value is -2.00. The molecular weight excluding hydrogens is 304 g/mol. The average molecular weight is 313 g/mol. The van der Waals surface area contributed by atoms with Crippen LogP contribution >= 0.6 is 15.9 Å². The summed E-state index contributed by atoms with van der Waals surface area (Å²) in [6, 6.07) is 3.52. The minimum absolute atomic E-state index is 0.207. The lowest BCUT2D eigenvalue weighted by molar-refractivity contribution is -0.390. The van der Waals surface area contributed by atoms with Gasteiger partial charge in [-0.3, -0.25) is 0 Å². The van der Waals surface area contributed by atoms with Crippen molar-refractivity contribution in [3.63, 3.8) is 0 Å². The fraction of sp³-hybridized carbons (Fsp3) is 0.111. The summed E-state index contributed by atoms with van der Waals surface area (Å²) in [4.78, 5) is 14.1. The Labute approximate surface area is 110 Å². The van der Waals surface area contributed by atoms with Crippen LogP contribution in [0.5, 0.6) is 0 Å². The van der Waals surface area contributed by atoms with E-state index in [1.165, 1.54) is 4.68 Å². The van der Waals surface area contributed by atoms with Crippen molar-refractivity contribution in [1.29, 1.82) is 0 Å². The number of pyridine rings is 1. The largest absolute Gasteiger partial charge is 0.404 e. The lowest BCUT2D eigenvalue weighted by Crippen LogP contribution is -2.09. The monoisotopic (exact) mass is 312 g/mol. The minimum atomic E-state index is -0.542. The highest BCUT2D eigenvalue weighted by Gasteiger charge is 2.18. The van der Waals surface area contributed by atoms with Crippen molar-refractivity contribution in [3.05, 3.63) is 44.7 Å². The molecule has 94 valence electrons. The molecule has 2 aromatic heterocycles. The summed E-state index contributed by atoms with van der Waals surface area (Å²) in [5, 5.41) is 14.5. The molecule has 0 fully saturated rings. The highest BCUT2D eigenvalue weighted by molar-refractivity contribution is 9.10. The lowest BCUT2D eigenvalue weighted by atomic mass is 10.2. The highest BCUT2D eigenvalue weighted by atomic mass is 79.9. The van der Waals surface area contributed by atoms with Crippen LogP contribution in [0.2, 0.25) is 0 Å². The van der Waals surface area contributed by atoms with Crippen LogP contribution in [-0.4, -0.2) is 19.7 Å². The molecular formula is C9H9BrN6O2. The molecule has 0 spiro atoms. The number of anilines is 1. The first kappa shape index (κ1) is 12.5. The number of halogens is 1. The number of nitrogens with one attached hydrogen (secondary N) is 1. The van der Waals surface area contributed by atoms with Gasteiger partial charge in [-0.25, -0.2) is 10.8 Å². The van der Waals surface area contributed by atoms with Gasteiger partial charge in [-0.05, 0) is 38.5 Å². The van der Waals surface area contributed by atoms with Gasteiger partial charge in [0.25, 0.3) is 0 Å². The second-order valence-electron chi connectivity index (χ2n) is 3.45. The number of nitro groups is 1. The SMILES string of the molecule is NNc1cc(Cn2cc(Br)c([N+](=O)[O-])n2)ccn1. The predicted octanol–water partition coefficient (Wildman–Crippen LogP) is 1.28. The zero-order valence-corrected chi connectivity index (χ0v) is 10.7.